The lowest BCUT2D eigenvalue weighted by Gasteiger charge is -2.12. The zero-order chi connectivity index (χ0) is 31.9. The van der Waals surface area contributed by atoms with Crippen LogP contribution in [0.5, 0.6) is 17.2 Å². The molecule has 45 heavy (non-hydrogen) atoms. The van der Waals surface area contributed by atoms with Crippen LogP contribution in [-0.2, 0) is 13.2 Å². The summed E-state index contributed by atoms with van der Waals surface area (Å²) in [6.45, 7) is 4.37. The minimum absolute atomic E-state index is 0.0168. The molecule has 0 radical (unpaired) electrons. The summed E-state index contributed by atoms with van der Waals surface area (Å²) in [6.07, 6.45) is 1.45. The molecule has 2 heterocycles. The van der Waals surface area contributed by atoms with Gasteiger partial charge in [-0.25, -0.2) is 5.43 Å². The summed E-state index contributed by atoms with van der Waals surface area (Å²) in [5, 5.41) is 15.1. The molecule has 2 aromatic heterocycles. The van der Waals surface area contributed by atoms with Crippen molar-refractivity contribution in [1.29, 1.82) is 0 Å². The molecule has 0 aliphatic rings. The van der Waals surface area contributed by atoms with Gasteiger partial charge in [-0.1, -0.05) is 12.1 Å². The van der Waals surface area contributed by atoms with E-state index >= 15 is 0 Å². The van der Waals surface area contributed by atoms with E-state index in [4.69, 9.17) is 18.6 Å². The van der Waals surface area contributed by atoms with Gasteiger partial charge in [-0.05, 0) is 96.0 Å². The Bertz CT molecular complexity index is 1840. The summed E-state index contributed by atoms with van der Waals surface area (Å²) < 4.78 is 25.6. The number of ether oxygens (including phenoxy) is 3. The Labute approximate surface area is 267 Å². The molecule has 1 N–H and O–H groups in total. The van der Waals surface area contributed by atoms with Crippen LogP contribution < -0.4 is 19.6 Å². The summed E-state index contributed by atoms with van der Waals surface area (Å²) in [4.78, 5) is 23.2. The van der Waals surface area contributed by atoms with Crippen molar-refractivity contribution in [2.45, 2.75) is 27.1 Å². The Kier molecular flexibility index (Phi) is 9.64. The maximum Gasteiger partial charge on any atom is 0.307 e. The Morgan fingerprint density at radius 1 is 0.978 bits per heavy atom. The monoisotopic (exact) mass is 672 g/mol. The number of carbonyl (C=O) groups excluding carboxylic acids is 1. The second kappa shape index (κ2) is 14.0. The topological polar surface area (TPSA) is 130 Å². The lowest BCUT2D eigenvalue weighted by molar-refractivity contribution is -0.384. The number of non-ortho nitro benzene ring substituents is 1. The molecule has 0 aliphatic carbocycles. The number of methoxy groups -OCH3 is 1. The van der Waals surface area contributed by atoms with Crippen molar-refractivity contribution < 1.29 is 28.3 Å². The number of benzene rings is 3. The van der Waals surface area contributed by atoms with Crippen LogP contribution in [-0.4, -0.2) is 28.7 Å². The molecule has 230 valence electrons. The van der Waals surface area contributed by atoms with E-state index in [2.05, 4.69) is 57.0 Å². The van der Waals surface area contributed by atoms with Crippen molar-refractivity contribution in [2.24, 2.45) is 5.10 Å². The smallest absolute Gasteiger partial charge is 0.307 e. The molecule has 1 amide bonds. The number of nitrogens with zero attached hydrogens (tertiary/aromatic N) is 3. The molecular weight excluding hydrogens is 644 g/mol. The highest BCUT2D eigenvalue weighted by Gasteiger charge is 2.14. The fraction of sp³-hybridized carbons (Fsp3) is 0.152. The van der Waals surface area contributed by atoms with E-state index in [-0.39, 0.29) is 24.7 Å². The number of hydrazone groups is 1. The second-order valence-corrected chi connectivity index (χ2v) is 10.8. The maximum absolute atomic E-state index is 12.6. The molecule has 0 spiro atoms. The molecule has 0 aliphatic heterocycles. The molecule has 0 fully saturated rings. The molecule has 0 bridgehead atoms. The summed E-state index contributed by atoms with van der Waals surface area (Å²) in [6, 6.07) is 24.7. The van der Waals surface area contributed by atoms with E-state index in [1.807, 2.05) is 24.3 Å². The van der Waals surface area contributed by atoms with Gasteiger partial charge in [-0.15, -0.1) is 0 Å². The number of amides is 1. The highest BCUT2D eigenvalue weighted by molar-refractivity contribution is 9.10. The largest absolute Gasteiger partial charge is 0.493 e. The fourth-order valence-electron chi connectivity index (χ4n) is 4.56. The quantitative estimate of drug-likeness (QED) is 0.0837. The van der Waals surface area contributed by atoms with Crippen molar-refractivity contribution in [1.82, 2.24) is 9.99 Å². The minimum Gasteiger partial charge on any atom is -0.493 e. The molecule has 11 nitrogen and oxygen atoms in total. The molecule has 0 unspecified atom stereocenters. The predicted molar refractivity (Wildman–Crippen MR) is 171 cm³/mol. The maximum atomic E-state index is 12.6. The van der Waals surface area contributed by atoms with Gasteiger partial charge in [0.05, 0.1) is 18.2 Å². The highest BCUT2D eigenvalue weighted by atomic mass is 79.9. The van der Waals surface area contributed by atoms with Crippen LogP contribution in [0.1, 0.15) is 38.8 Å². The Balaban J connectivity index is 1.15. The van der Waals surface area contributed by atoms with Gasteiger partial charge in [0.2, 0.25) is 0 Å². The van der Waals surface area contributed by atoms with Gasteiger partial charge in [-0.3, -0.25) is 14.9 Å². The lowest BCUT2D eigenvalue weighted by Crippen LogP contribution is -2.16. The van der Waals surface area contributed by atoms with E-state index < -0.39 is 10.8 Å². The van der Waals surface area contributed by atoms with Crippen LogP contribution in [0.15, 0.2) is 98.9 Å². The third-order valence-corrected chi connectivity index (χ3v) is 7.49. The van der Waals surface area contributed by atoms with Crippen molar-refractivity contribution in [3.05, 3.63) is 134 Å². The highest BCUT2D eigenvalue weighted by Crippen LogP contribution is 2.33. The van der Waals surface area contributed by atoms with Crippen LogP contribution in [0.4, 0.5) is 5.69 Å². The van der Waals surface area contributed by atoms with Crippen molar-refractivity contribution in [3.63, 3.8) is 0 Å². The fourth-order valence-corrected chi connectivity index (χ4v) is 4.98. The predicted octanol–water partition coefficient (Wildman–Crippen LogP) is 7.29. The first kappa shape index (κ1) is 31.1. The Morgan fingerprint density at radius 2 is 1.73 bits per heavy atom. The summed E-state index contributed by atoms with van der Waals surface area (Å²) in [5.41, 5.74) is 7.03. The van der Waals surface area contributed by atoms with Gasteiger partial charge < -0.3 is 23.2 Å². The van der Waals surface area contributed by atoms with Crippen LogP contribution in [0, 0.1) is 24.0 Å². The summed E-state index contributed by atoms with van der Waals surface area (Å²) in [5.74, 6) is 1.55. The average Bonchev–Trinajstić information content (AvgIpc) is 3.66. The molecule has 12 heteroatoms. The van der Waals surface area contributed by atoms with Crippen LogP contribution in [0.2, 0.25) is 0 Å². The number of rotatable bonds is 12. The molecule has 0 saturated carbocycles. The molecule has 0 atom stereocenters. The molecule has 5 rings (SSSR count). The van der Waals surface area contributed by atoms with Crippen LogP contribution in [0.25, 0.3) is 5.69 Å². The number of nitro benzene ring substituents is 1. The number of hydrogen-bond donors (Lipinski definition) is 1. The summed E-state index contributed by atoms with van der Waals surface area (Å²) in [7, 11) is 1.49. The summed E-state index contributed by atoms with van der Waals surface area (Å²) >= 11 is 3.48. The van der Waals surface area contributed by atoms with Gasteiger partial charge >= 0.3 is 5.91 Å². The number of aromatic nitrogens is 1. The van der Waals surface area contributed by atoms with E-state index in [0.717, 1.165) is 17.1 Å². The van der Waals surface area contributed by atoms with E-state index in [0.29, 0.717) is 38.6 Å². The first-order valence-corrected chi connectivity index (χ1v) is 14.5. The van der Waals surface area contributed by atoms with Gasteiger partial charge in [0.15, 0.2) is 17.3 Å². The van der Waals surface area contributed by atoms with Crippen molar-refractivity contribution >= 4 is 33.7 Å². The zero-order valence-electron chi connectivity index (χ0n) is 24.7. The SMILES string of the molecule is COc1cc(/C=N/NC(=O)c2ccc(COc3ccc(-n4c(C)ccc4C)cc3)o2)c(Br)cc1OCc1cccc([N+](=O)[O-])c1. The lowest BCUT2D eigenvalue weighted by atomic mass is 10.2. The van der Waals surface area contributed by atoms with Crippen LogP contribution in [0.3, 0.4) is 0 Å². The first-order chi connectivity index (χ1) is 21.7. The molecule has 5 aromatic rings. The molecule has 0 saturated heterocycles. The molecular formula is C33H29BrN4O7. The number of carbonyl (C=O) groups is 1. The number of halogens is 1. The van der Waals surface area contributed by atoms with E-state index in [1.165, 1.54) is 25.5 Å². The first-order valence-electron chi connectivity index (χ1n) is 13.8. The minimum atomic E-state index is -0.528. The van der Waals surface area contributed by atoms with Gasteiger partial charge in [0.1, 0.15) is 24.7 Å². The van der Waals surface area contributed by atoms with Crippen molar-refractivity contribution in [2.75, 3.05) is 7.11 Å². The Hall–Kier alpha value is -5.36. The third-order valence-electron chi connectivity index (χ3n) is 6.80. The van der Waals surface area contributed by atoms with Crippen LogP contribution >= 0.6 is 15.9 Å². The number of aryl methyl sites for hydroxylation is 2. The number of nitrogens with one attached hydrogen (secondary N) is 1. The molecule has 3 aromatic carbocycles. The second-order valence-electron chi connectivity index (χ2n) is 9.94. The van der Waals surface area contributed by atoms with Gasteiger partial charge in [-0.2, -0.15) is 5.10 Å². The standard InChI is InChI=1S/C33H29BrN4O7/c1-21-7-8-22(2)37(21)25-9-11-27(12-10-25)43-20-28-13-14-30(45-28)33(39)36-35-18-24-16-31(42-3)32(17-29(24)34)44-19-23-5-4-6-26(15-23)38(40)41/h4-18H,19-20H2,1-3H3,(H,36,39)/b35-18+. The number of hydrogen-bond acceptors (Lipinski definition) is 8. The van der Waals surface area contributed by atoms with Gasteiger partial charge in [0.25, 0.3) is 5.69 Å². The third kappa shape index (κ3) is 7.60. The number of furan rings is 1. The number of nitro groups is 1. The van der Waals surface area contributed by atoms with Crippen molar-refractivity contribution in [3.8, 4) is 22.9 Å². The average molecular weight is 674 g/mol. The normalized spacial score (nSPS) is 11.0. The Morgan fingerprint density at radius 3 is 2.44 bits per heavy atom. The zero-order valence-corrected chi connectivity index (χ0v) is 26.2. The van der Waals surface area contributed by atoms with E-state index in [9.17, 15) is 14.9 Å². The van der Waals surface area contributed by atoms with Gasteiger partial charge in [0, 0.05) is 39.2 Å². The van der Waals surface area contributed by atoms with E-state index in [1.54, 1.807) is 36.4 Å².